The summed E-state index contributed by atoms with van der Waals surface area (Å²) in [7, 11) is 0. The van der Waals surface area contributed by atoms with Crippen molar-refractivity contribution >= 4 is 5.91 Å². The summed E-state index contributed by atoms with van der Waals surface area (Å²) in [5.74, 6) is -2.64. The molecule has 2 rings (SSSR count). The largest absolute Gasteiger partial charge is 0.330 e. The lowest BCUT2D eigenvalue weighted by atomic mass is 9.87. The Morgan fingerprint density at radius 3 is 2.06 bits per heavy atom. The highest BCUT2D eigenvalue weighted by Gasteiger charge is 2.47. The van der Waals surface area contributed by atoms with Crippen molar-refractivity contribution < 1.29 is 13.6 Å². The fourth-order valence-corrected chi connectivity index (χ4v) is 2.28. The molecule has 0 atom stereocenters. The number of hydrogen-bond donors (Lipinski definition) is 0. The Morgan fingerprint density at radius 2 is 1.62 bits per heavy atom. The minimum absolute atomic E-state index is 0.0276. The van der Waals surface area contributed by atoms with Crippen LogP contribution in [0.15, 0.2) is 0 Å². The molecule has 1 aliphatic heterocycles. The fourth-order valence-electron chi connectivity index (χ4n) is 2.28. The minimum atomic E-state index is -2.62. The second-order valence-electron chi connectivity index (χ2n) is 4.39. The SMILES string of the molecule is CC.O=C(C1CCCCC1)N1CC(F)(F)C1. The van der Waals surface area contributed by atoms with Crippen LogP contribution in [0.5, 0.6) is 0 Å². The zero-order valence-electron chi connectivity index (χ0n) is 10.1. The number of hydrogen-bond acceptors (Lipinski definition) is 1. The molecule has 1 saturated carbocycles. The highest BCUT2D eigenvalue weighted by atomic mass is 19.3. The third-order valence-corrected chi connectivity index (χ3v) is 3.11. The van der Waals surface area contributed by atoms with Gasteiger partial charge >= 0.3 is 0 Å². The van der Waals surface area contributed by atoms with Gasteiger partial charge in [-0.2, -0.15) is 0 Å². The van der Waals surface area contributed by atoms with Crippen molar-refractivity contribution in [2.24, 2.45) is 5.92 Å². The smallest absolute Gasteiger partial charge is 0.282 e. The van der Waals surface area contributed by atoms with E-state index in [1.54, 1.807) is 0 Å². The van der Waals surface area contributed by atoms with Gasteiger partial charge in [0.2, 0.25) is 5.91 Å². The third kappa shape index (κ3) is 3.16. The van der Waals surface area contributed by atoms with E-state index in [9.17, 15) is 13.6 Å². The number of carbonyl (C=O) groups excluding carboxylic acids is 1. The summed E-state index contributed by atoms with van der Waals surface area (Å²) < 4.78 is 25.0. The first-order valence-corrected chi connectivity index (χ1v) is 6.25. The van der Waals surface area contributed by atoms with Crippen LogP contribution in [0.1, 0.15) is 46.0 Å². The monoisotopic (exact) mass is 233 g/mol. The molecule has 0 aromatic rings. The van der Waals surface area contributed by atoms with Crippen LogP contribution in [0.2, 0.25) is 0 Å². The lowest BCUT2D eigenvalue weighted by Crippen LogP contribution is -2.59. The van der Waals surface area contributed by atoms with Crippen LogP contribution in [-0.2, 0) is 4.79 Å². The van der Waals surface area contributed by atoms with Gasteiger partial charge in [0.1, 0.15) is 0 Å². The Kier molecular flexibility index (Phi) is 4.69. The zero-order chi connectivity index (χ0) is 12.2. The summed E-state index contributed by atoms with van der Waals surface area (Å²) in [4.78, 5) is 13.0. The van der Waals surface area contributed by atoms with Gasteiger partial charge in [-0.05, 0) is 12.8 Å². The molecular formula is C12H21F2NO. The summed E-state index contributed by atoms with van der Waals surface area (Å²) in [5, 5.41) is 0. The second-order valence-corrected chi connectivity index (χ2v) is 4.39. The molecule has 0 unspecified atom stereocenters. The Morgan fingerprint density at radius 1 is 1.12 bits per heavy atom. The molecule has 16 heavy (non-hydrogen) atoms. The van der Waals surface area contributed by atoms with Crippen LogP contribution < -0.4 is 0 Å². The first-order chi connectivity index (χ1) is 7.58. The maximum Gasteiger partial charge on any atom is 0.282 e. The molecule has 2 aliphatic rings. The molecule has 0 N–H and O–H groups in total. The van der Waals surface area contributed by atoms with Gasteiger partial charge in [0, 0.05) is 5.92 Å². The minimum Gasteiger partial charge on any atom is -0.330 e. The molecule has 2 nitrogen and oxygen atoms in total. The third-order valence-electron chi connectivity index (χ3n) is 3.11. The molecule has 1 heterocycles. The lowest BCUT2D eigenvalue weighted by Gasteiger charge is -2.41. The molecule has 0 bridgehead atoms. The van der Waals surface area contributed by atoms with Crippen molar-refractivity contribution in [3.05, 3.63) is 0 Å². The average Bonchev–Trinajstić information content (AvgIpc) is 2.29. The molecular weight excluding hydrogens is 212 g/mol. The highest BCUT2D eigenvalue weighted by molar-refractivity contribution is 5.80. The van der Waals surface area contributed by atoms with Crippen LogP contribution in [0.25, 0.3) is 0 Å². The Labute approximate surface area is 96.0 Å². The van der Waals surface area contributed by atoms with E-state index >= 15 is 0 Å². The van der Waals surface area contributed by atoms with E-state index in [2.05, 4.69) is 0 Å². The fraction of sp³-hybridized carbons (Fsp3) is 0.917. The average molecular weight is 233 g/mol. The van der Waals surface area contributed by atoms with Gasteiger partial charge in [-0.25, -0.2) is 8.78 Å². The molecule has 0 aromatic heterocycles. The van der Waals surface area contributed by atoms with Crippen LogP contribution in [-0.4, -0.2) is 29.8 Å². The van der Waals surface area contributed by atoms with Gasteiger partial charge in [-0.1, -0.05) is 33.1 Å². The normalized spacial score (nSPS) is 24.1. The van der Waals surface area contributed by atoms with Crippen molar-refractivity contribution in [2.45, 2.75) is 51.9 Å². The second kappa shape index (κ2) is 5.60. The quantitative estimate of drug-likeness (QED) is 0.681. The molecule has 2 fully saturated rings. The maximum absolute atomic E-state index is 12.5. The van der Waals surface area contributed by atoms with Crippen molar-refractivity contribution in [2.75, 3.05) is 13.1 Å². The molecule has 1 aliphatic carbocycles. The Balaban J connectivity index is 0.000000606. The molecule has 0 spiro atoms. The van der Waals surface area contributed by atoms with Gasteiger partial charge in [0.05, 0.1) is 13.1 Å². The van der Waals surface area contributed by atoms with E-state index in [1.165, 1.54) is 11.3 Å². The van der Waals surface area contributed by atoms with Crippen LogP contribution in [0.3, 0.4) is 0 Å². The van der Waals surface area contributed by atoms with Crippen LogP contribution in [0, 0.1) is 5.92 Å². The summed E-state index contributed by atoms with van der Waals surface area (Å²) in [6, 6.07) is 0. The molecule has 0 radical (unpaired) electrons. The molecule has 94 valence electrons. The summed E-state index contributed by atoms with van der Waals surface area (Å²) >= 11 is 0. The van der Waals surface area contributed by atoms with E-state index in [0.717, 1.165) is 25.7 Å². The standard InChI is InChI=1S/C10H15F2NO.C2H6/c11-10(12)6-13(7-10)9(14)8-4-2-1-3-5-8;1-2/h8H,1-7H2;1-2H3. The number of halogens is 2. The number of amides is 1. The van der Waals surface area contributed by atoms with E-state index in [0.29, 0.717) is 0 Å². The first-order valence-electron chi connectivity index (χ1n) is 6.25. The highest BCUT2D eigenvalue weighted by Crippen LogP contribution is 2.32. The summed E-state index contributed by atoms with van der Waals surface area (Å²) in [5.41, 5.74) is 0. The summed E-state index contributed by atoms with van der Waals surface area (Å²) in [6.07, 6.45) is 5.10. The van der Waals surface area contributed by atoms with Crippen molar-refractivity contribution in [3.8, 4) is 0 Å². The molecule has 1 amide bonds. The van der Waals surface area contributed by atoms with E-state index < -0.39 is 5.92 Å². The Bertz CT molecular complexity index is 229. The number of nitrogens with zero attached hydrogens (tertiary/aromatic N) is 1. The van der Waals surface area contributed by atoms with Crippen LogP contribution in [0.4, 0.5) is 8.78 Å². The van der Waals surface area contributed by atoms with Crippen molar-refractivity contribution in [3.63, 3.8) is 0 Å². The topological polar surface area (TPSA) is 20.3 Å². The predicted molar refractivity (Wildman–Crippen MR) is 59.5 cm³/mol. The van der Waals surface area contributed by atoms with Gasteiger partial charge < -0.3 is 4.90 Å². The van der Waals surface area contributed by atoms with E-state index in [1.807, 2.05) is 13.8 Å². The number of rotatable bonds is 1. The van der Waals surface area contributed by atoms with Gasteiger partial charge in [0.15, 0.2) is 0 Å². The Hall–Kier alpha value is -0.670. The lowest BCUT2D eigenvalue weighted by molar-refractivity contribution is -0.170. The van der Waals surface area contributed by atoms with Gasteiger partial charge in [-0.3, -0.25) is 4.79 Å². The van der Waals surface area contributed by atoms with E-state index in [-0.39, 0.29) is 24.9 Å². The molecule has 0 aromatic carbocycles. The number of likely N-dealkylation sites (tertiary alicyclic amines) is 1. The number of alkyl halides is 2. The number of carbonyl (C=O) groups is 1. The maximum atomic E-state index is 12.5. The van der Waals surface area contributed by atoms with Gasteiger partial charge in [0.25, 0.3) is 5.92 Å². The predicted octanol–water partition coefficient (Wildman–Crippen LogP) is 3.07. The van der Waals surface area contributed by atoms with Crippen LogP contribution >= 0.6 is 0 Å². The zero-order valence-corrected chi connectivity index (χ0v) is 10.1. The first kappa shape index (κ1) is 13.4. The van der Waals surface area contributed by atoms with Crippen molar-refractivity contribution in [1.29, 1.82) is 0 Å². The van der Waals surface area contributed by atoms with Crippen molar-refractivity contribution in [1.82, 2.24) is 4.90 Å². The molecule has 1 saturated heterocycles. The van der Waals surface area contributed by atoms with Gasteiger partial charge in [-0.15, -0.1) is 0 Å². The summed E-state index contributed by atoms with van der Waals surface area (Å²) in [6.45, 7) is 3.28. The molecule has 4 heteroatoms. The van der Waals surface area contributed by atoms with E-state index in [4.69, 9.17) is 0 Å².